The normalized spacial score (nSPS) is 29.6. The number of nitrogens with one attached hydrogen (secondary N) is 1. The molecule has 0 bridgehead atoms. The van der Waals surface area contributed by atoms with Crippen LogP contribution in [0, 0.1) is 5.41 Å². The maximum absolute atomic E-state index is 12.3. The van der Waals surface area contributed by atoms with E-state index in [0.29, 0.717) is 12.8 Å². The molecule has 1 aliphatic heterocycles. The first-order valence-electron chi connectivity index (χ1n) is 7.64. The fourth-order valence-corrected chi connectivity index (χ4v) is 4.50. The molecule has 1 amide bonds. The highest BCUT2D eigenvalue weighted by molar-refractivity contribution is 8.01. The molecule has 5 heteroatoms. The highest BCUT2D eigenvalue weighted by atomic mass is 32.2. The lowest BCUT2D eigenvalue weighted by Gasteiger charge is -2.30. The van der Waals surface area contributed by atoms with Gasteiger partial charge in [-0.1, -0.05) is 25.7 Å². The van der Waals surface area contributed by atoms with Crippen LogP contribution in [0.15, 0.2) is 0 Å². The minimum absolute atomic E-state index is 0.0184. The highest BCUT2D eigenvalue weighted by Gasteiger charge is 2.42. The molecule has 0 aromatic carbocycles. The van der Waals surface area contributed by atoms with Crippen LogP contribution in [0.2, 0.25) is 0 Å². The number of carboxylic acids is 1. The number of carbonyl (C=O) groups excluding carboxylic acids is 1. The molecule has 1 saturated heterocycles. The van der Waals surface area contributed by atoms with Gasteiger partial charge in [-0.3, -0.25) is 9.59 Å². The Morgan fingerprint density at radius 3 is 2.25 bits per heavy atom. The number of amides is 1. The van der Waals surface area contributed by atoms with Crippen molar-refractivity contribution < 1.29 is 14.7 Å². The smallest absolute Gasteiger partial charge is 0.311 e. The second-order valence-electron chi connectivity index (χ2n) is 6.37. The van der Waals surface area contributed by atoms with Crippen LogP contribution in [0.25, 0.3) is 0 Å². The Balaban J connectivity index is 1.98. The fraction of sp³-hybridized carbons (Fsp3) is 0.867. The van der Waals surface area contributed by atoms with Crippen molar-refractivity contribution in [3.05, 3.63) is 0 Å². The Hall–Kier alpha value is -0.710. The van der Waals surface area contributed by atoms with E-state index in [1.165, 1.54) is 0 Å². The quantitative estimate of drug-likeness (QED) is 0.783. The molecule has 1 heterocycles. The summed E-state index contributed by atoms with van der Waals surface area (Å²) >= 11 is 1.69. The summed E-state index contributed by atoms with van der Waals surface area (Å²) in [5.74, 6) is 0.294. The van der Waals surface area contributed by atoms with Crippen LogP contribution in [0.1, 0.15) is 58.3 Å². The molecule has 1 saturated carbocycles. The van der Waals surface area contributed by atoms with Gasteiger partial charge in [-0.15, -0.1) is 11.8 Å². The van der Waals surface area contributed by atoms with E-state index < -0.39 is 11.4 Å². The molecule has 20 heavy (non-hydrogen) atoms. The van der Waals surface area contributed by atoms with Crippen LogP contribution in [0.3, 0.4) is 0 Å². The average Bonchev–Trinajstić information content (AvgIpc) is 2.73. The SMILES string of the molecule is CC1(C(=O)NCC2(C(=O)O)CCCCCC2)CCCS1. The Kier molecular flexibility index (Phi) is 4.99. The van der Waals surface area contributed by atoms with Crippen molar-refractivity contribution in [2.45, 2.75) is 63.0 Å². The number of carbonyl (C=O) groups is 2. The number of thioether (sulfide) groups is 1. The van der Waals surface area contributed by atoms with Gasteiger partial charge in [0.05, 0.1) is 10.2 Å². The molecule has 1 unspecified atom stereocenters. The van der Waals surface area contributed by atoms with Gasteiger partial charge in [0, 0.05) is 6.54 Å². The van der Waals surface area contributed by atoms with Crippen molar-refractivity contribution in [1.82, 2.24) is 5.32 Å². The lowest BCUT2D eigenvalue weighted by Crippen LogP contribution is -2.48. The molecular weight excluding hydrogens is 274 g/mol. The van der Waals surface area contributed by atoms with Crippen molar-refractivity contribution in [3.8, 4) is 0 Å². The van der Waals surface area contributed by atoms with Crippen LogP contribution in [0.4, 0.5) is 0 Å². The highest BCUT2D eigenvalue weighted by Crippen LogP contribution is 2.39. The standard InChI is InChI=1S/C15H25NO3S/c1-14(7-6-10-20-14)12(17)16-11-15(13(18)19)8-4-2-3-5-9-15/h2-11H2,1H3,(H,16,17)(H,18,19). The van der Waals surface area contributed by atoms with E-state index >= 15 is 0 Å². The van der Waals surface area contributed by atoms with Gasteiger partial charge in [-0.05, 0) is 38.4 Å². The summed E-state index contributed by atoms with van der Waals surface area (Å²) in [6.07, 6.45) is 7.45. The van der Waals surface area contributed by atoms with Crippen molar-refractivity contribution in [2.24, 2.45) is 5.41 Å². The van der Waals surface area contributed by atoms with E-state index in [9.17, 15) is 14.7 Å². The Labute approximate surface area is 125 Å². The van der Waals surface area contributed by atoms with Gasteiger partial charge >= 0.3 is 5.97 Å². The number of carboxylic acid groups (broad SMARTS) is 1. The third-order valence-corrected chi connectivity index (χ3v) is 6.32. The van der Waals surface area contributed by atoms with Crippen molar-refractivity contribution >= 4 is 23.6 Å². The lowest BCUT2D eigenvalue weighted by atomic mass is 9.80. The van der Waals surface area contributed by atoms with E-state index in [0.717, 1.165) is 44.3 Å². The minimum Gasteiger partial charge on any atom is -0.481 e. The lowest BCUT2D eigenvalue weighted by molar-refractivity contribution is -0.149. The predicted octanol–water partition coefficient (Wildman–Crippen LogP) is 2.81. The molecule has 2 N–H and O–H groups in total. The number of hydrogen-bond donors (Lipinski definition) is 2. The van der Waals surface area contributed by atoms with Crippen molar-refractivity contribution in [1.29, 1.82) is 0 Å². The van der Waals surface area contributed by atoms with Crippen LogP contribution in [-0.4, -0.2) is 34.0 Å². The van der Waals surface area contributed by atoms with E-state index in [-0.39, 0.29) is 17.2 Å². The van der Waals surface area contributed by atoms with Gasteiger partial charge in [0.25, 0.3) is 0 Å². The molecule has 0 aromatic heterocycles. The zero-order valence-corrected chi connectivity index (χ0v) is 13.1. The van der Waals surface area contributed by atoms with Crippen LogP contribution in [-0.2, 0) is 9.59 Å². The summed E-state index contributed by atoms with van der Waals surface area (Å²) in [6.45, 7) is 2.26. The first-order valence-corrected chi connectivity index (χ1v) is 8.63. The first kappa shape index (κ1) is 15.7. The van der Waals surface area contributed by atoms with Gasteiger partial charge in [0.1, 0.15) is 0 Å². The molecule has 114 valence electrons. The molecule has 0 aromatic rings. The van der Waals surface area contributed by atoms with Gasteiger partial charge in [0.2, 0.25) is 5.91 Å². The second kappa shape index (κ2) is 6.37. The monoisotopic (exact) mass is 299 g/mol. The topological polar surface area (TPSA) is 66.4 Å². The Morgan fingerprint density at radius 1 is 1.10 bits per heavy atom. The molecule has 2 fully saturated rings. The minimum atomic E-state index is -0.746. The van der Waals surface area contributed by atoms with E-state index in [2.05, 4.69) is 5.32 Å². The summed E-state index contributed by atoms with van der Waals surface area (Å²) in [7, 11) is 0. The zero-order chi connectivity index (χ0) is 14.6. The predicted molar refractivity (Wildman–Crippen MR) is 80.9 cm³/mol. The first-order chi connectivity index (χ1) is 9.49. The molecular formula is C15H25NO3S. The summed E-state index contributed by atoms with van der Waals surface area (Å²) < 4.78 is -0.357. The number of hydrogen-bond acceptors (Lipinski definition) is 3. The third-order valence-electron chi connectivity index (χ3n) is 4.80. The number of aliphatic carboxylic acids is 1. The molecule has 2 aliphatic rings. The van der Waals surface area contributed by atoms with Gasteiger partial charge < -0.3 is 10.4 Å². The molecule has 2 rings (SSSR count). The molecule has 4 nitrogen and oxygen atoms in total. The average molecular weight is 299 g/mol. The van der Waals surface area contributed by atoms with E-state index in [1.807, 2.05) is 6.92 Å². The van der Waals surface area contributed by atoms with Crippen molar-refractivity contribution in [3.63, 3.8) is 0 Å². The second-order valence-corrected chi connectivity index (χ2v) is 7.96. The van der Waals surface area contributed by atoms with Crippen molar-refractivity contribution in [2.75, 3.05) is 12.3 Å². The van der Waals surface area contributed by atoms with E-state index in [4.69, 9.17) is 0 Å². The maximum atomic E-state index is 12.3. The van der Waals surface area contributed by atoms with Gasteiger partial charge in [-0.25, -0.2) is 0 Å². The Bertz CT molecular complexity index is 369. The van der Waals surface area contributed by atoms with Gasteiger partial charge in [-0.2, -0.15) is 0 Å². The van der Waals surface area contributed by atoms with E-state index in [1.54, 1.807) is 11.8 Å². The fourth-order valence-electron chi connectivity index (χ4n) is 3.27. The molecule has 0 radical (unpaired) electrons. The molecule has 1 atom stereocenters. The summed E-state index contributed by atoms with van der Waals surface area (Å²) in [5, 5.41) is 12.5. The third kappa shape index (κ3) is 3.30. The summed E-state index contributed by atoms with van der Waals surface area (Å²) in [6, 6.07) is 0. The molecule has 1 aliphatic carbocycles. The van der Waals surface area contributed by atoms with Crippen LogP contribution >= 0.6 is 11.8 Å². The Morgan fingerprint density at radius 2 is 1.75 bits per heavy atom. The maximum Gasteiger partial charge on any atom is 0.311 e. The van der Waals surface area contributed by atoms with Crippen LogP contribution in [0.5, 0.6) is 0 Å². The summed E-state index contributed by atoms with van der Waals surface area (Å²) in [4.78, 5) is 24.0. The molecule has 0 spiro atoms. The zero-order valence-electron chi connectivity index (χ0n) is 12.2. The number of rotatable bonds is 4. The summed E-state index contributed by atoms with van der Waals surface area (Å²) in [5.41, 5.74) is -0.744. The van der Waals surface area contributed by atoms with Crippen LogP contribution < -0.4 is 5.32 Å². The largest absolute Gasteiger partial charge is 0.481 e. The van der Waals surface area contributed by atoms with Gasteiger partial charge in [0.15, 0.2) is 0 Å².